The average Bonchev–Trinajstić information content (AvgIpc) is 2.18. The van der Waals surface area contributed by atoms with Crippen LogP contribution in [0.15, 0.2) is 0 Å². The number of nitrogens with zero attached hydrogens (tertiary/aromatic N) is 1. The predicted octanol–water partition coefficient (Wildman–Crippen LogP) is 1.63. The zero-order chi connectivity index (χ0) is 11.0. The lowest BCUT2D eigenvalue weighted by molar-refractivity contribution is 0.0782. The smallest absolute Gasteiger partial charge is 0.410 e. The van der Waals surface area contributed by atoms with Gasteiger partial charge in [-0.2, -0.15) is 0 Å². The maximum atomic E-state index is 11.5. The van der Waals surface area contributed by atoms with Crippen molar-refractivity contribution in [3.8, 4) is 0 Å². The summed E-state index contributed by atoms with van der Waals surface area (Å²) in [5.41, 5.74) is 0. The van der Waals surface area contributed by atoms with E-state index in [0.717, 1.165) is 12.8 Å². The second-order valence-corrected chi connectivity index (χ2v) is 3.09. The Morgan fingerprint density at radius 2 is 1.93 bits per heavy atom. The van der Waals surface area contributed by atoms with Crippen molar-refractivity contribution in [2.75, 3.05) is 19.8 Å². The Bertz CT molecular complexity index is 157. The van der Waals surface area contributed by atoms with Crippen molar-refractivity contribution in [2.24, 2.45) is 0 Å². The molecule has 0 aliphatic heterocycles. The van der Waals surface area contributed by atoms with Gasteiger partial charge in [-0.3, -0.25) is 0 Å². The second kappa shape index (κ2) is 7.62. The minimum absolute atomic E-state index is 0.0185. The highest BCUT2D eigenvalue weighted by Gasteiger charge is 2.21. The molecule has 0 heterocycles. The molecule has 4 nitrogen and oxygen atoms in total. The first-order valence-corrected chi connectivity index (χ1v) is 5.25. The quantitative estimate of drug-likeness (QED) is 0.713. The third kappa shape index (κ3) is 3.96. The summed E-state index contributed by atoms with van der Waals surface area (Å²) in [6.45, 7) is 6.54. The number of hydrogen-bond acceptors (Lipinski definition) is 3. The highest BCUT2D eigenvalue weighted by Crippen LogP contribution is 2.09. The Morgan fingerprint density at radius 1 is 1.36 bits per heavy atom. The van der Waals surface area contributed by atoms with E-state index in [0.29, 0.717) is 13.2 Å². The lowest BCUT2D eigenvalue weighted by Gasteiger charge is -2.28. The third-order valence-corrected chi connectivity index (χ3v) is 2.23. The van der Waals surface area contributed by atoms with Gasteiger partial charge in [0.2, 0.25) is 0 Å². The zero-order valence-electron chi connectivity index (χ0n) is 9.32. The zero-order valence-corrected chi connectivity index (χ0v) is 9.32. The summed E-state index contributed by atoms with van der Waals surface area (Å²) in [7, 11) is 0. The molecule has 0 rings (SSSR count). The van der Waals surface area contributed by atoms with Gasteiger partial charge in [0.1, 0.15) is 0 Å². The molecule has 0 unspecified atom stereocenters. The van der Waals surface area contributed by atoms with Crippen LogP contribution in [0.5, 0.6) is 0 Å². The molecule has 0 radical (unpaired) electrons. The molecule has 14 heavy (non-hydrogen) atoms. The fourth-order valence-electron chi connectivity index (χ4n) is 1.47. The van der Waals surface area contributed by atoms with Crippen LogP contribution in [-0.2, 0) is 4.74 Å². The van der Waals surface area contributed by atoms with Crippen LogP contribution >= 0.6 is 0 Å². The summed E-state index contributed by atoms with van der Waals surface area (Å²) in [5.74, 6) is 0. The highest BCUT2D eigenvalue weighted by molar-refractivity contribution is 5.68. The third-order valence-electron chi connectivity index (χ3n) is 2.23. The maximum Gasteiger partial charge on any atom is 0.410 e. The molecule has 0 spiro atoms. The highest BCUT2D eigenvalue weighted by atomic mass is 16.6. The van der Waals surface area contributed by atoms with E-state index in [4.69, 9.17) is 9.84 Å². The van der Waals surface area contributed by atoms with Crippen LogP contribution in [0.1, 0.15) is 33.6 Å². The summed E-state index contributed by atoms with van der Waals surface area (Å²) in [5, 5.41) is 8.84. The summed E-state index contributed by atoms with van der Waals surface area (Å²) < 4.78 is 4.92. The number of carbonyl (C=O) groups excluding carboxylic acids is 1. The van der Waals surface area contributed by atoms with Crippen LogP contribution < -0.4 is 0 Å². The van der Waals surface area contributed by atoms with Crippen LogP contribution in [0.25, 0.3) is 0 Å². The van der Waals surface area contributed by atoms with E-state index in [1.165, 1.54) is 0 Å². The Hall–Kier alpha value is -0.770. The van der Waals surface area contributed by atoms with E-state index in [1.807, 2.05) is 13.8 Å². The van der Waals surface area contributed by atoms with Crippen molar-refractivity contribution in [3.63, 3.8) is 0 Å². The lowest BCUT2D eigenvalue weighted by atomic mass is 10.1. The van der Waals surface area contributed by atoms with Crippen molar-refractivity contribution >= 4 is 6.09 Å². The van der Waals surface area contributed by atoms with E-state index in [-0.39, 0.29) is 18.7 Å². The Labute approximate surface area is 85.9 Å². The Kier molecular flexibility index (Phi) is 7.20. The van der Waals surface area contributed by atoms with Gasteiger partial charge in [0.05, 0.1) is 13.2 Å². The molecule has 0 aliphatic rings. The van der Waals surface area contributed by atoms with Gasteiger partial charge in [-0.15, -0.1) is 0 Å². The molecule has 0 aromatic heterocycles. The number of aliphatic hydroxyl groups excluding tert-OH is 1. The lowest BCUT2D eigenvalue weighted by Crippen LogP contribution is -2.41. The number of amides is 1. The van der Waals surface area contributed by atoms with Gasteiger partial charge in [0, 0.05) is 12.6 Å². The van der Waals surface area contributed by atoms with Gasteiger partial charge in [-0.05, 0) is 19.8 Å². The molecule has 0 saturated heterocycles. The molecule has 0 fully saturated rings. The van der Waals surface area contributed by atoms with Gasteiger partial charge < -0.3 is 14.7 Å². The molecule has 0 saturated carbocycles. The SMILES string of the molecule is CCOC(=O)N(CCO)C(CC)CC. The van der Waals surface area contributed by atoms with Crippen LogP contribution in [0.2, 0.25) is 0 Å². The van der Waals surface area contributed by atoms with Crippen LogP contribution in [0, 0.1) is 0 Å². The first-order chi connectivity index (χ1) is 6.71. The largest absolute Gasteiger partial charge is 0.450 e. The van der Waals surface area contributed by atoms with E-state index in [9.17, 15) is 4.79 Å². The Morgan fingerprint density at radius 3 is 2.29 bits per heavy atom. The predicted molar refractivity (Wildman–Crippen MR) is 55.2 cm³/mol. The van der Waals surface area contributed by atoms with Crippen molar-refractivity contribution in [1.82, 2.24) is 4.90 Å². The first kappa shape index (κ1) is 13.2. The van der Waals surface area contributed by atoms with Crippen LogP contribution in [0.4, 0.5) is 4.79 Å². The molecule has 0 aliphatic carbocycles. The molecule has 0 aromatic carbocycles. The Balaban J connectivity index is 4.31. The van der Waals surface area contributed by atoms with Crippen molar-refractivity contribution in [3.05, 3.63) is 0 Å². The minimum atomic E-state index is -0.324. The van der Waals surface area contributed by atoms with Crippen molar-refractivity contribution in [1.29, 1.82) is 0 Å². The summed E-state index contributed by atoms with van der Waals surface area (Å²) >= 11 is 0. The molecule has 4 heteroatoms. The molecular formula is C10H21NO3. The van der Waals surface area contributed by atoms with Crippen LogP contribution in [-0.4, -0.2) is 41.9 Å². The fraction of sp³-hybridized carbons (Fsp3) is 0.900. The van der Waals surface area contributed by atoms with Gasteiger partial charge >= 0.3 is 6.09 Å². The molecule has 0 bridgehead atoms. The number of carbonyl (C=O) groups is 1. The number of hydrogen-bond donors (Lipinski definition) is 1. The number of ether oxygens (including phenoxy) is 1. The molecule has 84 valence electrons. The summed E-state index contributed by atoms with van der Waals surface area (Å²) in [6, 6.07) is 0.168. The van der Waals surface area contributed by atoms with E-state index >= 15 is 0 Å². The van der Waals surface area contributed by atoms with Crippen molar-refractivity contribution in [2.45, 2.75) is 39.7 Å². The van der Waals surface area contributed by atoms with E-state index in [1.54, 1.807) is 11.8 Å². The summed E-state index contributed by atoms with van der Waals surface area (Å²) in [6.07, 6.45) is 1.44. The van der Waals surface area contributed by atoms with E-state index in [2.05, 4.69) is 0 Å². The molecule has 0 aromatic rings. The molecular weight excluding hydrogens is 182 g/mol. The standard InChI is InChI=1S/C10H21NO3/c1-4-9(5-2)11(7-8-12)10(13)14-6-3/h9,12H,4-8H2,1-3H3. The molecule has 1 N–H and O–H groups in total. The molecule has 0 atom stereocenters. The average molecular weight is 203 g/mol. The normalized spacial score (nSPS) is 10.4. The van der Waals surface area contributed by atoms with Gasteiger partial charge in [-0.25, -0.2) is 4.79 Å². The van der Waals surface area contributed by atoms with Gasteiger partial charge in [-0.1, -0.05) is 13.8 Å². The van der Waals surface area contributed by atoms with E-state index < -0.39 is 0 Å². The summed E-state index contributed by atoms with van der Waals surface area (Å²) in [4.78, 5) is 13.1. The minimum Gasteiger partial charge on any atom is -0.450 e. The fourth-order valence-corrected chi connectivity index (χ4v) is 1.47. The first-order valence-electron chi connectivity index (χ1n) is 5.25. The van der Waals surface area contributed by atoms with Crippen LogP contribution in [0.3, 0.4) is 0 Å². The van der Waals surface area contributed by atoms with Crippen molar-refractivity contribution < 1.29 is 14.6 Å². The monoisotopic (exact) mass is 203 g/mol. The maximum absolute atomic E-state index is 11.5. The van der Waals surface area contributed by atoms with Gasteiger partial charge in [0.25, 0.3) is 0 Å². The number of rotatable bonds is 6. The number of aliphatic hydroxyl groups is 1. The topological polar surface area (TPSA) is 49.8 Å². The second-order valence-electron chi connectivity index (χ2n) is 3.09. The van der Waals surface area contributed by atoms with Gasteiger partial charge in [0.15, 0.2) is 0 Å². The molecule has 1 amide bonds.